The second kappa shape index (κ2) is 11.5. The maximum Gasteiger partial charge on any atom is 0.431 e. The van der Waals surface area contributed by atoms with Gasteiger partial charge in [-0.3, -0.25) is 14.6 Å². The molecule has 2 unspecified atom stereocenters. The molecule has 3 aromatic rings. The van der Waals surface area contributed by atoms with E-state index in [2.05, 4.69) is 5.10 Å². The van der Waals surface area contributed by atoms with Gasteiger partial charge in [0.05, 0.1) is 17.4 Å². The van der Waals surface area contributed by atoms with Gasteiger partial charge in [-0.05, 0) is 60.2 Å². The number of pyridine rings is 1. The van der Waals surface area contributed by atoms with Crippen LogP contribution in [0, 0.1) is 11.7 Å². The molecule has 1 amide bonds. The second-order valence-corrected chi connectivity index (χ2v) is 10.6. The lowest BCUT2D eigenvalue weighted by atomic mass is 9.98. The van der Waals surface area contributed by atoms with E-state index >= 15 is 4.39 Å². The Bertz CT molecular complexity index is 1510. The zero-order valence-corrected chi connectivity index (χ0v) is 22.5. The number of nitrogens with zero attached hydrogens (tertiary/aromatic N) is 4. The summed E-state index contributed by atoms with van der Waals surface area (Å²) in [5.41, 5.74) is 5.87. The first kappa shape index (κ1) is 28.5. The molecule has 0 bridgehead atoms. The van der Waals surface area contributed by atoms with E-state index in [1.54, 1.807) is 53.2 Å². The first-order chi connectivity index (χ1) is 19.6. The highest BCUT2D eigenvalue weighted by atomic mass is 19.4. The van der Waals surface area contributed by atoms with Crippen molar-refractivity contribution in [2.45, 2.75) is 56.9 Å². The Morgan fingerprint density at radius 1 is 1.12 bits per heavy atom. The van der Waals surface area contributed by atoms with Crippen molar-refractivity contribution in [1.29, 1.82) is 0 Å². The molecule has 2 heterocycles. The van der Waals surface area contributed by atoms with Crippen molar-refractivity contribution < 1.29 is 22.4 Å². The number of carbonyl (C=O) groups excluding carboxylic acids is 1. The lowest BCUT2D eigenvalue weighted by Crippen LogP contribution is -2.44. The van der Waals surface area contributed by atoms with Crippen molar-refractivity contribution in [2.24, 2.45) is 16.8 Å². The number of carbonyl (C=O) groups is 1. The molecule has 7 nitrogen and oxygen atoms in total. The lowest BCUT2D eigenvalue weighted by Gasteiger charge is -2.28. The van der Waals surface area contributed by atoms with Gasteiger partial charge in [0.15, 0.2) is 0 Å². The molecule has 5 rings (SSSR count). The number of alkyl halides is 3. The van der Waals surface area contributed by atoms with Gasteiger partial charge in [0.25, 0.3) is 11.5 Å². The zero-order chi connectivity index (χ0) is 29.3. The summed E-state index contributed by atoms with van der Waals surface area (Å²) >= 11 is 0. The molecule has 2 atom stereocenters. The summed E-state index contributed by atoms with van der Waals surface area (Å²) in [5, 5.41) is 4.78. The third kappa shape index (κ3) is 6.19. The second-order valence-electron chi connectivity index (χ2n) is 10.6. The molecule has 2 aliphatic rings. The lowest BCUT2D eigenvalue weighted by molar-refractivity contribution is -0.119. The monoisotopic (exact) mass is 569 g/mol. The minimum absolute atomic E-state index is 0.0935. The highest BCUT2D eigenvalue weighted by molar-refractivity contribution is 6.05. The number of hydrogen-bond acceptors (Lipinski definition) is 5. The standard InChI is InChI=1S/C30H31F4N5O2/c1-37(29(41)26-17-27(30(32,33)34)36-39(26)22-6-4-5-20(15-22)18-35)25-16-21(11-12-23(25)31)24(13-10-19-8-9-19)38-14-3-2-7-28(38)40/h2-7,11-12,14-16,19,24,26H,8-10,13,17-18,35H2,1H3. The Morgan fingerprint density at radius 2 is 1.90 bits per heavy atom. The van der Waals surface area contributed by atoms with Gasteiger partial charge in [0, 0.05) is 32.3 Å². The van der Waals surface area contributed by atoms with Gasteiger partial charge in [0.1, 0.15) is 17.6 Å². The van der Waals surface area contributed by atoms with Crippen molar-refractivity contribution in [1.82, 2.24) is 4.57 Å². The van der Waals surface area contributed by atoms with Gasteiger partial charge >= 0.3 is 6.18 Å². The summed E-state index contributed by atoms with van der Waals surface area (Å²) in [5.74, 6) is -0.874. The maximum absolute atomic E-state index is 15.2. The molecule has 216 valence electrons. The molecule has 1 fully saturated rings. The van der Waals surface area contributed by atoms with Crippen LogP contribution >= 0.6 is 0 Å². The van der Waals surface area contributed by atoms with Crippen LogP contribution in [0.15, 0.2) is 76.8 Å². The predicted molar refractivity (Wildman–Crippen MR) is 149 cm³/mol. The molecule has 1 aromatic heterocycles. The Balaban J connectivity index is 1.48. The molecule has 1 aliphatic heterocycles. The highest BCUT2D eigenvalue weighted by Gasteiger charge is 2.46. The fourth-order valence-electron chi connectivity index (χ4n) is 5.24. The predicted octanol–water partition coefficient (Wildman–Crippen LogP) is 5.39. The van der Waals surface area contributed by atoms with Gasteiger partial charge in [-0.2, -0.15) is 18.3 Å². The average Bonchev–Trinajstić information content (AvgIpc) is 3.67. The molecule has 41 heavy (non-hydrogen) atoms. The molecule has 2 aromatic carbocycles. The number of amides is 1. The van der Waals surface area contributed by atoms with E-state index < -0.39 is 42.1 Å². The van der Waals surface area contributed by atoms with Crippen LogP contribution in [0.2, 0.25) is 0 Å². The van der Waals surface area contributed by atoms with Crippen LogP contribution in [0.5, 0.6) is 0 Å². The summed E-state index contributed by atoms with van der Waals surface area (Å²) in [7, 11) is 1.33. The van der Waals surface area contributed by atoms with E-state index in [0.29, 0.717) is 23.5 Å². The van der Waals surface area contributed by atoms with E-state index in [-0.39, 0.29) is 23.5 Å². The third-order valence-corrected chi connectivity index (χ3v) is 7.71. The van der Waals surface area contributed by atoms with Gasteiger partial charge in [0.2, 0.25) is 0 Å². The molecule has 0 spiro atoms. The van der Waals surface area contributed by atoms with E-state index in [1.807, 2.05) is 0 Å². The highest BCUT2D eigenvalue weighted by Crippen LogP contribution is 2.38. The number of hydrazone groups is 1. The quantitative estimate of drug-likeness (QED) is 0.351. The van der Waals surface area contributed by atoms with E-state index in [9.17, 15) is 22.8 Å². The van der Waals surface area contributed by atoms with Gasteiger partial charge in [-0.1, -0.05) is 37.1 Å². The Hall–Kier alpha value is -3.99. The summed E-state index contributed by atoms with van der Waals surface area (Å²) in [6.07, 6.45) is 0.0643. The molecule has 1 saturated carbocycles. The number of hydrogen-bond donors (Lipinski definition) is 1. The topological polar surface area (TPSA) is 83.9 Å². The van der Waals surface area contributed by atoms with Crippen LogP contribution < -0.4 is 21.2 Å². The van der Waals surface area contributed by atoms with Crippen molar-refractivity contribution in [3.05, 3.63) is 94.2 Å². The van der Waals surface area contributed by atoms with E-state index in [0.717, 1.165) is 29.2 Å². The van der Waals surface area contributed by atoms with Crippen LogP contribution in [-0.4, -0.2) is 35.5 Å². The largest absolute Gasteiger partial charge is 0.431 e. The summed E-state index contributed by atoms with van der Waals surface area (Å²) < 4.78 is 57.9. The van der Waals surface area contributed by atoms with Crippen LogP contribution in [0.4, 0.5) is 28.9 Å². The molecule has 0 radical (unpaired) electrons. The number of aromatic nitrogens is 1. The smallest absolute Gasteiger partial charge is 0.326 e. The van der Waals surface area contributed by atoms with Crippen molar-refractivity contribution in [3.8, 4) is 0 Å². The zero-order valence-electron chi connectivity index (χ0n) is 22.5. The minimum atomic E-state index is -4.74. The Labute approximate surface area is 234 Å². The molecular formula is C30H31F4N5O2. The maximum atomic E-state index is 15.2. The number of likely N-dealkylation sites (N-methyl/N-ethyl adjacent to an activating group) is 1. The molecule has 11 heteroatoms. The summed E-state index contributed by atoms with van der Waals surface area (Å²) in [4.78, 5) is 27.5. The first-order valence-corrected chi connectivity index (χ1v) is 13.5. The molecule has 0 saturated heterocycles. The van der Waals surface area contributed by atoms with Gasteiger partial charge in [-0.15, -0.1) is 0 Å². The van der Waals surface area contributed by atoms with E-state index in [1.165, 1.54) is 25.2 Å². The van der Waals surface area contributed by atoms with Crippen molar-refractivity contribution in [2.75, 3.05) is 17.0 Å². The van der Waals surface area contributed by atoms with Crippen molar-refractivity contribution >= 4 is 23.0 Å². The number of nitrogens with two attached hydrogens (primary N) is 1. The summed E-state index contributed by atoms with van der Waals surface area (Å²) in [6, 6.07) is 13.9. The molecular weight excluding hydrogens is 538 g/mol. The summed E-state index contributed by atoms with van der Waals surface area (Å²) in [6.45, 7) is 0.153. The fourth-order valence-corrected chi connectivity index (χ4v) is 5.24. The van der Waals surface area contributed by atoms with Gasteiger partial charge in [-0.25, -0.2) is 4.39 Å². The van der Waals surface area contributed by atoms with Crippen LogP contribution in [0.25, 0.3) is 0 Å². The molecule has 1 aliphatic carbocycles. The normalized spacial score (nSPS) is 17.9. The molecule has 2 N–H and O–H groups in total. The average molecular weight is 570 g/mol. The Morgan fingerprint density at radius 3 is 2.59 bits per heavy atom. The number of rotatable bonds is 9. The van der Waals surface area contributed by atoms with Crippen LogP contribution in [0.3, 0.4) is 0 Å². The Kier molecular flexibility index (Phi) is 7.99. The van der Waals surface area contributed by atoms with Crippen LogP contribution in [0.1, 0.15) is 49.3 Å². The van der Waals surface area contributed by atoms with E-state index in [4.69, 9.17) is 5.73 Å². The van der Waals surface area contributed by atoms with Crippen molar-refractivity contribution in [3.63, 3.8) is 0 Å². The third-order valence-electron chi connectivity index (χ3n) is 7.71. The first-order valence-electron chi connectivity index (χ1n) is 13.5. The number of anilines is 2. The van der Waals surface area contributed by atoms with Gasteiger partial charge < -0.3 is 15.2 Å². The number of halogens is 4. The SMILES string of the molecule is CN(C(=O)C1CC(C(F)(F)F)=NN1c1cccc(CN)c1)c1cc(C(CCC2CC2)n2ccccc2=O)ccc1F. The fraction of sp³-hybridized carbons (Fsp3) is 0.367. The van der Waals surface area contributed by atoms with Crippen LogP contribution in [-0.2, 0) is 11.3 Å². The minimum Gasteiger partial charge on any atom is -0.326 e. The number of benzene rings is 2.